The molecular weight excluding hydrogens is 467 g/mol. The molecule has 0 heterocycles. The van der Waals surface area contributed by atoms with Crippen molar-refractivity contribution in [3.8, 4) is 11.5 Å². The summed E-state index contributed by atoms with van der Waals surface area (Å²) in [5, 5.41) is 12.4. The molecule has 148 valence electrons. The van der Waals surface area contributed by atoms with E-state index in [2.05, 4.69) is 10.3 Å². The first kappa shape index (κ1) is 22.9. The van der Waals surface area contributed by atoms with Crippen molar-refractivity contribution in [3.63, 3.8) is 0 Å². The smallest absolute Gasteiger partial charge is 0.194 e. The number of para-hydroxylation sites is 1. The molecule has 0 fully saturated rings. The van der Waals surface area contributed by atoms with Crippen molar-refractivity contribution in [1.82, 2.24) is 10.2 Å². The molecular formula is C19H24F2IN3O2. The number of halogens is 3. The van der Waals surface area contributed by atoms with Crippen LogP contribution >= 0.6 is 24.0 Å². The van der Waals surface area contributed by atoms with Gasteiger partial charge in [0.2, 0.25) is 0 Å². The molecule has 0 amide bonds. The average molecular weight is 491 g/mol. The zero-order valence-corrected chi connectivity index (χ0v) is 17.6. The number of hydrogen-bond acceptors (Lipinski definition) is 3. The van der Waals surface area contributed by atoms with Crippen molar-refractivity contribution in [3.05, 3.63) is 59.7 Å². The summed E-state index contributed by atoms with van der Waals surface area (Å²) in [6, 6.07) is 10.4. The highest BCUT2D eigenvalue weighted by atomic mass is 127. The topological polar surface area (TPSA) is 57.1 Å². The number of phenols is 1. The Morgan fingerprint density at radius 3 is 2.59 bits per heavy atom. The van der Waals surface area contributed by atoms with Gasteiger partial charge in [0.05, 0.1) is 13.1 Å². The fraction of sp³-hybridized carbons (Fsp3) is 0.316. The molecule has 2 aromatic carbocycles. The summed E-state index contributed by atoms with van der Waals surface area (Å²) in [4.78, 5) is 6.30. The van der Waals surface area contributed by atoms with Crippen molar-refractivity contribution in [1.29, 1.82) is 0 Å². The van der Waals surface area contributed by atoms with Gasteiger partial charge in [-0.15, -0.1) is 24.0 Å². The van der Waals surface area contributed by atoms with Gasteiger partial charge in [0.1, 0.15) is 6.61 Å². The quantitative estimate of drug-likeness (QED) is 0.352. The predicted molar refractivity (Wildman–Crippen MR) is 113 cm³/mol. The highest BCUT2D eigenvalue weighted by Crippen LogP contribution is 2.17. The van der Waals surface area contributed by atoms with Gasteiger partial charge in [0, 0.05) is 13.6 Å². The van der Waals surface area contributed by atoms with Gasteiger partial charge in [-0.05, 0) is 36.8 Å². The Balaban J connectivity index is 0.00000364. The van der Waals surface area contributed by atoms with E-state index in [0.717, 1.165) is 0 Å². The number of aliphatic imine (C=N–C) groups is 1. The van der Waals surface area contributed by atoms with Gasteiger partial charge >= 0.3 is 0 Å². The number of likely N-dealkylation sites (N-methyl/N-ethyl adjacent to an activating group) is 1. The van der Waals surface area contributed by atoms with E-state index < -0.39 is 11.6 Å². The van der Waals surface area contributed by atoms with Gasteiger partial charge in [-0.25, -0.2) is 13.8 Å². The van der Waals surface area contributed by atoms with Gasteiger partial charge < -0.3 is 20.1 Å². The first-order valence-corrected chi connectivity index (χ1v) is 8.35. The third kappa shape index (κ3) is 7.20. The number of hydrogen-bond donors (Lipinski definition) is 2. The third-order valence-corrected chi connectivity index (χ3v) is 3.64. The number of rotatable bonds is 7. The van der Waals surface area contributed by atoms with E-state index in [-0.39, 0.29) is 48.6 Å². The molecule has 5 nitrogen and oxygen atoms in total. The predicted octanol–water partition coefficient (Wildman–Crippen LogP) is 3.76. The summed E-state index contributed by atoms with van der Waals surface area (Å²) in [6.07, 6.45) is 0. The first-order valence-electron chi connectivity index (χ1n) is 8.35. The molecule has 2 N–H and O–H groups in total. The molecule has 0 saturated heterocycles. The fourth-order valence-electron chi connectivity index (χ4n) is 2.24. The molecule has 0 unspecified atom stereocenters. The largest absolute Gasteiger partial charge is 0.505 e. The van der Waals surface area contributed by atoms with E-state index in [4.69, 9.17) is 4.74 Å². The average Bonchev–Trinajstić information content (AvgIpc) is 2.63. The number of aromatic hydroxyl groups is 1. The molecule has 0 atom stereocenters. The molecule has 0 radical (unpaired) electrons. The van der Waals surface area contributed by atoms with E-state index in [0.29, 0.717) is 24.6 Å². The lowest BCUT2D eigenvalue weighted by Gasteiger charge is -2.22. The maximum Gasteiger partial charge on any atom is 0.194 e. The van der Waals surface area contributed by atoms with Crippen LogP contribution in [-0.4, -0.2) is 42.7 Å². The highest BCUT2D eigenvalue weighted by molar-refractivity contribution is 14.0. The Bertz CT molecular complexity index is 759. The second-order valence-electron chi connectivity index (χ2n) is 5.66. The maximum absolute atomic E-state index is 13.5. The summed E-state index contributed by atoms with van der Waals surface area (Å²) < 4.78 is 32.4. The van der Waals surface area contributed by atoms with Crippen LogP contribution in [-0.2, 0) is 6.54 Å². The summed E-state index contributed by atoms with van der Waals surface area (Å²) in [5.41, 5.74) is 0.645. The minimum absolute atomic E-state index is 0. The van der Waals surface area contributed by atoms with Gasteiger partial charge in [0.15, 0.2) is 29.1 Å². The fourth-order valence-corrected chi connectivity index (χ4v) is 2.24. The van der Waals surface area contributed by atoms with Crippen molar-refractivity contribution < 1.29 is 18.6 Å². The van der Waals surface area contributed by atoms with Crippen LogP contribution in [0.1, 0.15) is 12.5 Å². The van der Waals surface area contributed by atoms with Crippen molar-refractivity contribution in [2.75, 3.05) is 26.7 Å². The summed E-state index contributed by atoms with van der Waals surface area (Å²) in [6.45, 7) is 3.65. The van der Waals surface area contributed by atoms with E-state index in [1.165, 1.54) is 18.2 Å². The van der Waals surface area contributed by atoms with Gasteiger partial charge in [-0.1, -0.05) is 18.2 Å². The lowest BCUT2D eigenvalue weighted by Crippen LogP contribution is -2.40. The molecule has 2 rings (SSSR count). The summed E-state index contributed by atoms with van der Waals surface area (Å²) in [5.74, 6) is -0.619. The maximum atomic E-state index is 13.5. The Morgan fingerprint density at radius 2 is 1.93 bits per heavy atom. The number of nitrogens with one attached hydrogen (secondary N) is 1. The van der Waals surface area contributed by atoms with Crippen LogP contribution in [0.4, 0.5) is 8.78 Å². The first-order chi connectivity index (χ1) is 12.5. The molecule has 0 aliphatic heterocycles. The number of phenolic OH excluding ortho intramolecular Hbond substituents is 1. The lowest BCUT2D eigenvalue weighted by atomic mass is 10.2. The summed E-state index contributed by atoms with van der Waals surface area (Å²) >= 11 is 0. The normalized spacial score (nSPS) is 10.9. The van der Waals surface area contributed by atoms with E-state index >= 15 is 0 Å². The lowest BCUT2D eigenvalue weighted by molar-refractivity contribution is 0.270. The molecule has 27 heavy (non-hydrogen) atoms. The van der Waals surface area contributed by atoms with E-state index in [9.17, 15) is 13.9 Å². The van der Waals surface area contributed by atoms with Crippen LogP contribution in [0.5, 0.6) is 11.5 Å². The Morgan fingerprint density at radius 1 is 1.19 bits per heavy atom. The Hall–Kier alpha value is -2.10. The van der Waals surface area contributed by atoms with E-state index in [1.54, 1.807) is 24.3 Å². The standard InChI is InChI=1S/C19H23F2N3O2.HI/c1-3-22-19(23-13-14-8-9-17(25)16(21)12-14)24(2)10-11-26-18-7-5-4-6-15(18)20;/h4-9,12,25H,3,10-11,13H2,1-2H3,(H,22,23);1H. The highest BCUT2D eigenvalue weighted by Gasteiger charge is 2.08. The second kappa shape index (κ2) is 11.6. The minimum Gasteiger partial charge on any atom is -0.505 e. The zero-order chi connectivity index (χ0) is 18.9. The van der Waals surface area contributed by atoms with Crippen molar-refractivity contribution in [2.45, 2.75) is 13.5 Å². The number of ether oxygens (including phenoxy) is 1. The summed E-state index contributed by atoms with van der Waals surface area (Å²) in [7, 11) is 1.84. The number of nitrogens with zero attached hydrogens (tertiary/aromatic N) is 2. The monoisotopic (exact) mass is 491 g/mol. The molecule has 0 spiro atoms. The molecule has 0 aromatic heterocycles. The second-order valence-corrected chi connectivity index (χ2v) is 5.66. The Kier molecular flexibility index (Phi) is 9.84. The Labute approximate surface area is 175 Å². The molecule has 0 aliphatic carbocycles. The SMILES string of the molecule is CCNC(=NCc1ccc(O)c(F)c1)N(C)CCOc1ccccc1F.I. The van der Waals surface area contributed by atoms with Crippen LogP contribution in [0.2, 0.25) is 0 Å². The minimum atomic E-state index is -0.672. The molecule has 2 aromatic rings. The van der Waals surface area contributed by atoms with Crippen molar-refractivity contribution >= 4 is 29.9 Å². The molecule has 0 aliphatic rings. The van der Waals surface area contributed by atoms with Gasteiger partial charge in [-0.2, -0.15) is 0 Å². The van der Waals surface area contributed by atoms with Crippen LogP contribution in [0.3, 0.4) is 0 Å². The number of benzene rings is 2. The van der Waals surface area contributed by atoms with Crippen LogP contribution < -0.4 is 10.1 Å². The van der Waals surface area contributed by atoms with Crippen LogP contribution in [0, 0.1) is 11.6 Å². The molecule has 8 heteroatoms. The van der Waals surface area contributed by atoms with Gasteiger partial charge in [0.25, 0.3) is 0 Å². The zero-order valence-electron chi connectivity index (χ0n) is 15.3. The van der Waals surface area contributed by atoms with Crippen LogP contribution in [0.25, 0.3) is 0 Å². The van der Waals surface area contributed by atoms with Crippen LogP contribution in [0.15, 0.2) is 47.5 Å². The van der Waals surface area contributed by atoms with Gasteiger partial charge in [-0.3, -0.25) is 0 Å². The van der Waals surface area contributed by atoms with Crippen molar-refractivity contribution in [2.24, 2.45) is 4.99 Å². The molecule has 0 bridgehead atoms. The van der Waals surface area contributed by atoms with E-state index in [1.807, 2.05) is 18.9 Å². The third-order valence-electron chi connectivity index (χ3n) is 3.64. The molecule has 0 saturated carbocycles. The number of guanidine groups is 1.